The van der Waals surface area contributed by atoms with Crippen LogP contribution in [0, 0.1) is 0 Å². The molecule has 0 bridgehead atoms. The van der Waals surface area contributed by atoms with Crippen LogP contribution in [0.25, 0.3) is 0 Å². The first-order valence-corrected chi connectivity index (χ1v) is 11.0. The standard InChI is InChI=1S/C26H23ClN2O4/c1-33-21-6-4-5-19(17-21)25(31)28-13-15-29(16-14-28)26(32)23-8-3-2-7-22(23)24(30)18-9-11-20(27)12-10-18/h2-12,17H,13-16H2,1H3. The van der Waals surface area contributed by atoms with Gasteiger partial charge in [-0.1, -0.05) is 35.9 Å². The zero-order valence-corrected chi connectivity index (χ0v) is 18.9. The lowest BCUT2D eigenvalue weighted by Crippen LogP contribution is -2.50. The number of amides is 2. The highest BCUT2D eigenvalue weighted by Gasteiger charge is 2.28. The molecule has 1 aliphatic rings. The van der Waals surface area contributed by atoms with Crippen molar-refractivity contribution in [3.05, 3.63) is 100 Å². The fourth-order valence-corrected chi connectivity index (χ4v) is 3.97. The third-order valence-corrected chi connectivity index (χ3v) is 5.93. The molecule has 168 valence electrons. The van der Waals surface area contributed by atoms with Crippen LogP contribution in [0.2, 0.25) is 5.02 Å². The van der Waals surface area contributed by atoms with Gasteiger partial charge in [0.1, 0.15) is 5.75 Å². The summed E-state index contributed by atoms with van der Waals surface area (Å²) in [7, 11) is 1.56. The zero-order valence-electron chi connectivity index (χ0n) is 18.2. The SMILES string of the molecule is COc1cccc(C(=O)N2CCN(C(=O)c3ccccc3C(=O)c3ccc(Cl)cc3)CC2)c1. The van der Waals surface area contributed by atoms with E-state index in [9.17, 15) is 14.4 Å². The Balaban J connectivity index is 1.46. The Morgan fingerprint density at radius 1 is 0.727 bits per heavy atom. The summed E-state index contributed by atoms with van der Waals surface area (Å²) < 4.78 is 5.20. The highest BCUT2D eigenvalue weighted by Crippen LogP contribution is 2.20. The lowest BCUT2D eigenvalue weighted by molar-refractivity contribution is 0.0534. The molecule has 0 spiro atoms. The average Bonchev–Trinajstić information content (AvgIpc) is 2.88. The van der Waals surface area contributed by atoms with Gasteiger partial charge < -0.3 is 14.5 Å². The van der Waals surface area contributed by atoms with E-state index >= 15 is 0 Å². The minimum absolute atomic E-state index is 0.0979. The number of halogens is 1. The lowest BCUT2D eigenvalue weighted by Gasteiger charge is -2.35. The molecule has 6 nitrogen and oxygen atoms in total. The molecule has 2 amide bonds. The van der Waals surface area contributed by atoms with Gasteiger partial charge in [0.2, 0.25) is 0 Å². The first-order chi connectivity index (χ1) is 16.0. The Labute approximate surface area is 197 Å². The molecule has 3 aromatic carbocycles. The predicted octanol–water partition coefficient (Wildman–Crippen LogP) is 4.18. The molecule has 0 saturated carbocycles. The predicted molar refractivity (Wildman–Crippen MR) is 126 cm³/mol. The van der Waals surface area contributed by atoms with Gasteiger partial charge in [0, 0.05) is 47.9 Å². The van der Waals surface area contributed by atoms with E-state index in [0.717, 1.165) is 0 Å². The van der Waals surface area contributed by atoms with Gasteiger partial charge in [-0.05, 0) is 48.5 Å². The number of ether oxygens (including phenoxy) is 1. The number of methoxy groups -OCH3 is 1. The molecule has 0 unspecified atom stereocenters. The molecule has 0 aliphatic carbocycles. The molecule has 4 rings (SSSR count). The summed E-state index contributed by atoms with van der Waals surface area (Å²) in [6.45, 7) is 1.60. The second kappa shape index (κ2) is 9.88. The third kappa shape index (κ3) is 4.91. The smallest absolute Gasteiger partial charge is 0.254 e. The molecule has 0 aromatic heterocycles. The Morgan fingerprint density at radius 3 is 1.97 bits per heavy atom. The number of carbonyl (C=O) groups excluding carboxylic acids is 3. The molecule has 33 heavy (non-hydrogen) atoms. The van der Waals surface area contributed by atoms with Gasteiger partial charge in [0.05, 0.1) is 12.7 Å². The van der Waals surface area contributed by atoms with Crippen molar-refractivity contribution < 1.29 is 19.1 Å². The number of nitrogens with zero attached hydrogens (tertiary/aromatic N) is 2. The summed E-state index contributed by atoms with van der Waals surface area (Å²) in [5, 5.41) is 0.539. The molecular formula is C26H23ClN2O4. The quantitative estimate of drug-likeness (QED) is 0.533. The molecule has 1 heterocycles. The van der Waals surface area contributed by atoms with E-state index in [1.807, 2.05) is 0 Å². The van der Waals surface area contributed by atoms with E-state index in [2.05, 4.69) is 0 Å². The monoisotopic (exact) mass is 462 g/mol. The molecule has 0 atom stereocenters. The van der Waals surface area contributed by atoms with Gasteiger partial charge in [-0.15, -0.1) is 0 Å². The average molecular weight is 463 g/mol. The number of piperazine rings is 1. The maximum Gasteiger partial charge on any atom is 0.254 e. The van der Waals surface area contributed by atoms with Crippen LogP contribution in [0.5, 0.6) is 5.75 Å². The van der Waals surface area contributed by atoms with Crippen molar-refractivity contribution in [3.63, 3.8) is 0 Å². The lowest BCUT2D eigenvalue weighted by atomic mass is 9.97. The fraction of sp³-hybridized carbons (Fsp3) is 0.192. The minimum Gasteiger partial charge on any atom is -0.497 e. The second-order valence-corrected chi connectivity index (χ2v) is 8.13. The molecule has 1 saturated heterocycles. The molecule has 7 heteroatoms. The maximum absolute atomic E-state index is 13.3. The van der Waals surface area contributed by atoms with Crippen LogP contribution >= 0.6 is 11.6 Å². The highest BCUT2D eigenvalue weighted by molar-refractivity contribution is 6.30. The zero-order chi connectivity index (χ0) is 23.4. The number of rotatable bonds is 5. The van der Waals surface area contributed by atoms with Crippen molar-refractivity contribution in [1.82, 2.24) is 9.80 Å². The Morgan fingerprint density at radius 2 is 1.33 bits per heavy atom. The number of ketones is 1. The Kier molecular flexibility index (Phi) is 6.75. The first-order valence-electron chi connectivity index (χ1n) is 10.6. The van der Waals surface area contributed by atoms with Crippen molar-refractivity contribution in [3.8, 4) is 5.75 Å². The van der Waals surface area contributed by atoms with Gasteiger partial charge in [-0.2, -0.15) is 0 Å². The van der Waals surface area contributed by atoms with E-state index in [1.54, 1.807) is 89.7 Å². The summed E-state index contributed by atoms with van der Waals surface area (Å²) in [4.78, 5) is 42.6. The molecule has 1 fully saturated rings. The minimum atomic E-state index is -0.234. The summed E-state index contributed by atoms with van der Waals surface area (Å²) >= 11 is 5.93. The molecule has 0 radical (unpaired) electrons. The van der Waals surface area contributed by atoms with Crippen molar-refractivity contribution in [2.75, 3.05) is 33.3 Å². The van der Waals surface area contributed by atoms with Crippen LogP contribution in [0.3, 0.4) is 0 Å². The molecule has 1 aliphatic heterocycles. The third-order valence-electron chi connectivity index (χ3n) is 5.68. The van der Waals surface area contributed by atoms with Crippen LogP contribution in [-0.2, 0) is 0 Å². The van der Waals surface area contributed by atoms with E-state index in [-0.39, 0.29) is 17.6 Å². The van der Waals surface area contributed by atoms with Crippen LogP contribution in [-0.4, -0.2) is 60.7 Å². The molecular weight excluding hydrogens is 440 g/mol. The topological polar surface area (TPSA) is 66.9 Å². The van der Waals surface area contributed by atoms with Crippen LogP contribution in [0.15, 0.2) is 72.8 Å². The molecule has 3 aromatic rings. The highest BCUT2D eigenvalue weighted by atomic mass is 35.5. The number of hydrogen-bond donors (Lipinski definition) is 0. The van der Waals surface area contributed by atoms with Crippen LogP contribution in [0.1, 0.15) is 36.6 Å². The normalized spacial score (nSPS) is 13.5. The van der Waals surface area contributed by atoms with Crippen molar-refractivity contribution in [2.45, 2.75) is 0 Å². The van der Waals surface area contributed by atoms with E-state index < -0.39 is 0 Å². The van der Waals surface area contributed by atoms with Gasteiger partial charge >= 0.3 is 0 Å². The maximum atomic E-state index is 13.3. The molecule has 0 N–H and O–H groups in total. The van der Waals surface area contributed by atoms with Crippen molar-refractivity contribution >= 4 is 29.2 Å². The van der Waals surface area contributed by atoms with Gasteiger partial charge in [-0.3, -0.25) is 14.4 Å². The summed E-state index contributed by atoms with van der Waals surface area (Å²) in [6, 6.07) is 20.4. The van der Waals surface area contributed by atoms with Gasteiger partial charge in [-0.25, -0.2) is 0 Å². The number of benzene rings is 3. The number of carbonyl (C=O) groups is 3. The van der Waals surface area contributed by atoms with Gasteiger partial charge in [0.25, 0.3) is 11.8 Å². The van der Waals surface area contributed by atoms with Crippen LogP contribution in [0.4, 0.5) is 0 Å². The van der Waals surface area contributed by atoms with Gasteiger partial charge in [0.15, 0.2) is 5.78 Å². The van der Waals surface area contributed by atoms with Crippen molar-refractivity contribution in [1.29, 1.82) is 0 Å². The summed E-state index contributed by atoms with van der Waals surface area (Å²) in [6.07, 6.45) is 0. The second-order valence-electron chi connectivity index (χ2n) is 7.70. The van der Waals surface area contributed by atoms with Crippen molar-refractivity contribution in [2.24, 2.45) is 0 Å². The Bertz CT molecular complexity index is 1180. The van der Waals surface area contributed by atoms with E-state index in [4.69, 9.17) is 16.3 Å². The summed E-state index contributed by atoms with van der Waals surface area (Å²) in [5.41, 5.74) is 1.71. The summed E-state index contributed by atoms with van der Waals surface area (Å²) in [5.74, 6) is 0.0692. The largest absolute Gasteiger partial charge is 0.497 e. The van der Waals surface area contributed by atoms with E-state index in [1.165, 1.54) is 0 Å². The first kappa shape index (κ1) is 22.6. The number of hydrogen-bond acceptors (Lipinski definition) is 4. The van der Waals surface area contributed by atoms with Crippen LogP contribution < -0.4 is 4.74 Å². The fourth-order valence-electron chi connectivity index (χ4n) is 3.85. The van der Waals surface area contributed by atoms with E-state index in [0.29, 0.717) is 59.2 Å². The Hall–Kier alpha value is -3.64.